The summed E-state index contributed by atoms with van der Waals surface area (Å²) in [5.41, 5.74) is 3.03. The van der Waals surface area contributed by atoms with Crippen LogP contribution in [-0.2, 0) is 39.0 Å². The van der Waals surface area contributed by atoms with Crippen LogP contribution in [0, 0.1) is 11.8 Å². The Hall–Kier alpha value is -7.73. The third-order valence-electron chi connectivity index (χ3n) is 11.1. The van der Waals surface area contributed by atoms with Gasteiger partial charge in [0.1, 0.15) is 33.9 Å². The van der Waals surface area contributed by atoms with Crippen molar-refractivity contribution < 1.29 is 33.5 Å². The fraction of sp³-hybridized carbons (Fsp3) is 0.200. The first-order valence-electron chi connectivity index (χ1n) is 22.2. The van der Waals surface area contributed by atoms with Gasteiger partial charge in [0.05, 0.1) is 0 Å². The molecule has 0 spiro atoms. The van der Waals surface area contributed by atoms with Crippen LogP contribution in [0.2, 0.25) is 0 Å². The minimum atomic E-state index is -1.08. The van der Waals surface area contributed by atoms with Crippen molar-refractivity contribution in [2.75, 3.05) is 17.7 Å². The Morgan fingerprint density at radius 3 is 1.88 bits per heavy atom. The molecule has 2 aliphatic heterocycles. The minimum absolute atomic E-state index is 0.0591. The Bertz CT molecular complexity index is 2810. The average molecular weight is 956 g/mol. The van der Waals surface area contributed by atoms with Crippen molar-refractivity contribution in [3.63, 3.8) is 0 Å². The first-order valence-corrected chi connectivity index (χ1v) is 24.1. The number of carbonyl (C=O) groups is 4. The van der Waals surface area contributed by atoms with Crippen molar-refractivity contribution in [3.05, 3.63) is 214 Å². The molecular weight excluding hydrogens is 907 g/mol. The van der Waals surface area contributed by atoms with Crippen LogP contribution >= 0.6 is 23.1 Å². The standard InChI is InChI=1S/C55H49N5O7S2/c1-5-6-12-27-39-35-68-51-46(50(63)60(51)47(39)52(64)66-48(37-23-13-7-14-24-37)38-25-15-8-16-26-38)57-49(62)45(59-65-34-44(61)67-54(2,3)4)43-36-69-53(56-43)58-55(40-28-17-9-18-29-40,41-30-19-10-20-31-41)42-32-21-11-22-33-42/h7-33,36,46,48,51H,34-35H2,1-4H3,(H,56,58)(H,57,62)/b27-12-,59-45-/t46-,51-/m1/s1. The number of hydrogen-bond donors (Lipinski definition) is 2. The number of ether oxygens (including phenoxy) is 2. The third-order valence-corrected chi connectivity index (χ3v) is 13.1. The minimum Gasteiger partial charge on any atom is -0.457 e. The van der Waals surface area contributed by atoms with Crippen molar-refractivity contribution in [2.45, 2.75) is 56.4 Å². The van der Waals surface area contributed by atoms with E-state index in [1.807, 2.05) is 152 Å². The van der Waals surface area contributed by atoms with E-state index in [1.165, 1.54) is 28.0 Å². The lowest BCUT2D eigenvalue weighted by Crippen LogP contribution is -2.71. The van der Waals surface area contributed by atoms with E-state index < -0.39 is 59.0 Å². The lowest BCUT2D eigenvalue weighted by atomic mass is 9.77. The van der Waals surface area contributed by atoms with Crippen LogP contribution in [0.5, 0.6) is 0 Å². The highest BCUT2D eigenvalue weighted by Gasteiger charge is 2.55. The van der Waals surface area contributed by atoms with Gasteiger partial charge in [0, 0.05) is 11.1 Å². The number of oxime groups is 1. The summed E-state index contributed by atoms with van der Waals surface area (Å²) in [6.07, 6.45) is 2.56. The molecule has 12 nitrogen and oxygen atoms in total. The first kappa shape index (κ1) is 47.8. The summed E-state index contributed by atoms with van der Waals surface area (Å²) in [5.74, 6) is 3.28. The third kappa shape index (κ3) is 10.9. The van der Waals surface area contributed by atoms with Gasteiger partial charge in [-0.15, -0.1) is 29.0 Å². The number of thioether (sulfide) groups is 1. The molecule has 1 fully saturated rings. The Kier molecular flexibility index (Phi) is 14.9. The summed E-state index contributed by atoms with van der Waals surface area (Å²) in [6, 6.07) is 47.6. The number of esters is 2. The smallest absolute Gasteiger partial charge is 0.356 e. The van der Waals surface area contributed by atoms with Gasteiger partial charge in [-0.05, 0) is 73.2 Å². The molecule has 0 unspecified atom stereocenters. The molecule has 1 aromatic heterocycles. The van der Waals surface area contributed by atoms with Gasteiger partial charge < -0.3 is 24.9 Å². The highest BCUT2D eigenvalue weighted by Crippen LogP contribution is 2.43. The molecular formula is C55H49N5O7S2. The zero-order valence-electron chi connectivity index (χ0n) is 38.3. The number of rotatable bonds is 16. The highest BCUT2D eigenvalue weighted by molar-refractivity contribution is 8.00. The summed E-state index contributed by atoms with van der Waals surface area (Å²) in [6.45, 7) is 6.28. The highest BCUT2D eigenvalue weighted by atomic mass is 32.2. The normalized spacial score (nSPS) is 15.9. The fourth-order valence-corrected chi connectivity index (χ4v) is 10.1. The molecule has 0 aliphatic carbocycles. The van der Waals surface area contributed by atoms with Crippen LogP contribution in [0.25, 0.3) is 0 Å². The summed E-state index contributed by atoms with van der Waals surface area (Å²) in [5, 5.41) is 12.1. The molecule has 69 heavy (non-hydrogen) atoms. The van der Waals surface area contributed by atoms with Crippen LogP contribution < -0.4 is 10.6 Å². The lowest BCUT2D eigenvalue weighted by Gasteiger charge is -2.49. The molecule has 0 bridgehead atoms. The predicted molar refractivity (Wildman–Crippen MR) is 269 cm³/mol. The topological polar surface area (TPSA) is 149 Å². The van der Waals surface area contributed by atoms with E-state index >= 15 is 0 Å². The largest absolute Gasteiger partial charge is 0.457 e. The number of thiazole rings is 1. The lowest BCUT2D eigenvalue weighted by molar-refractivity contribution is -0.160. The molecule has 348 valence electrons. The summed E-state index contributed by atoms with van der Waals surface area (Å²) in [7, 11) is 0. The second-order valence-corrected chi connectivity index (χ2v) is 18.8. The van der Waals surface area contributed by atoms with E-state index in [-0.39, 0.29) is 17.1 Å². The molecule has 5 aromatic carbocycles. The quantitative estimate of drug-likeness (QED) is 0.0240. The molecule has 2 amide bonds. The number of benzene rings is 5. The second kappa shape index (κ2) is 21.5. The summed E-state index contributed by atoms with van der Waals surface area (Å²) in [4.78, 5) is 67.8. The van der Waals surface area contributed by atoms with Crippen LogP contribution in [-0.4, -0.2) is 68.7 Å². The van der Waals surface area contributed by atoms with Crippen LogP contribution in [0.1, 0.15) is 67.3 Å². The Morgan fingerprint density at radius 2 is 1.36 bits per heavy atom. The number of amides is 2. The van der Waals surface area contributed by atoms with Gasteiger partial charge >= 0.3 is 11.9 Å². The van der Waals surface area contributed by atoms with Gasteiger partial charge in [0.25, 0.3) is 11.8 Å². The van der Waals surface area contributed by atoms with Crippen molar-refractivity contribution in [1.82, 2.24) is 15.2 Å². The first-order chi connectivity index (χ1) is 33.5. The van der Waals surface area contributed by atoms with Crippen LogP contribution in [0.3, 0.4) is 0 Å². The zero-order chi connectivity index (χ0) is 48.4. The number of hydrogen-bond acceptors (Lipinski definition) is 12. The molecule has 14 heteroatoms. The predicted octanol–water partition coefficient (Wildman–Crippen LogP) is 9.18. The van der Waals surface area contributed by atoms with Crippen LogP contribution in [0.4, 0.5) is 5.13 Å². The molecule has 2 N–H and O–H groups in total. The van der Waals surface area contributed by atoms with E-state index in [2.05, 4.69) is 27.6 Å². The van der Waals surface area contributed by atoms with Gasteiger partial charge in [-0.3, -0.25) is 14.5 Å². The van der Waals surface area contributed by atoms with Crippen molar-refractivity contribution >= 4 is 57.7 Å². The number of aromatic nitrogens is 1. The van der Waals surface area contributed by atoms with E-state index in [1.54, 1.807) is 45.2 Å². The second-order valence-electron chi connectivity index (χ2n) is 16.9. The average Bonchev–Trinajstić information content (AvgIpc) is 3.83. The van der Waals surface area contributed by atoms with Crippen molar-refractivity contribution in [1.29, 1.82) is 0 Å². The van der Waals surface area contributed by atoms with Crippen molar-refractivity contribution in [2.24, 2.45) is 5.16 Å². The SMILES string of the molecule is CC#C/C=C\C1=C(C(=O)OC(c2ccccc2)c2ccccc2)N2C(=O)[C@@H](NC(=O)/C(=N\OCC(=O)OC(C)(C)C)c3csc(NC(c4ccccc4)(c4ccccc4)c4ccccc4)n3)[C@H]2SC1. The number of nitrogens with zero attached hydrogens (tertiary/aromatic N) is 3. The monoisotopic (exact) mass is 955 g/mol. The zero-order valence-corrected chi connectivity index (χ0v) is 40.0. The summed E-state index contributed by atoms with van der Waals surface area (Å²) < 4.78 is 11.7. The number of anilines is 1. The molecule has 8 rings (SSSR count). The fourth-order valence-electron chi connectivity index (χ4n) is 8.05. The Labute approximate surface area is 409 Å². The number of allylic oxidation sites excluding steroid dienone is 2. The molecule has 2 aliphatic rings. The van der Waals surface area contributed by atoms with Gasteiger partial charge in [-0.2, -0.15) is 0 Å². The Morgan fingerprint density at radius 1 is 0.826 bits per heavy atom. The molecule has 6 aromatic rings. The molecule has 0 saturated carbocycles. The Balaban J connectivity index is 1.10. The van der Waals surface area contributed by atoms with Gasteiger partial charge in [-0.25, -0.2) is 14.6 Å². The van der Waals surface area contributed by atoms with E-state index in [0.29, 0.717) is 16.5 Å². The van der Waals surface area contributed by atoms with Gasteiger partial charge in [-0.1, -0.05) is 163 Å². The van der Waals surface area contributed by atoms with Crippen LogP contribution in [0.15, 0.2) is 186 Å². The molecule has 2 atom stereocenters. The number of nitrogens with one attached hydrogen (secondary N) is 2. The van der Waals surface area contributed by atoms with E-state index in [0.717, 1.165) is 27.8 Å². The maximum Gasteiger partial charge on any atom is 0.356 e. The molecule has 1 saturated heterocycles. The molecule has 0 radical (unpaired) electrons. The van der Waals surface area contributed by atoms with E-state index in [4.69, 9.17) is 19.3 Å². The van der Waals surface area contributed by atoms with Gasteiger partial charge in [0.15, 0.2) is 16.9 Å². The van der Waals surface area contributed by atoms with Crippen molar-refractivity contribution in [3.8, 4) is 11.8 Å². The number of β-lactam (4-membered cyclic amide) rings is 1. The summed E-state index contributed by atoms with van der Waals surface area (Å²) >= 11 is 2.62. The molecule has 3 heterocycles. The maximum absolute atomic E-state index is 14.5. The van der Waals surface area contributed by atoms with Gasteiger partial charge in [0.2, 0.25) is 6.61 Å². The van der Waals surface area contributed by atoms with E-state index in [9.17, 15) is 19.2 Å². The maximum atomic E-state index is 14.5. The number of fused-ring (bicyclic) bond motifs is 1. The number of carbonyl (C=O) groups excluding carboxylic acids is 4.